The first-order valence-corrected chi connectivity index (χ1v) is 8.22. The number of carbonyl (C=O) groups is 2. The van der Waals surface area contributed by atoms with Gasteiger partial charge in [0.05, 0.1) is 6.54 Å². The first-order chi connectivity index (χ1) is 9.53. The van der Waals surface area contributed by atoms with E-state index in [1.54, 1.807) is 0 Å². The zero-order valence-corrected chi connectivity index (χ0v) is 13.3. The second-order valence-corrected chi connectivity index (χ2v) is 6.80. The number of aliphatic carboxylic acids is 1. The van der Waals surface area contributed by atoms with Gasteiger partial charge in [-0.15, -0.1) is 11.3 Å². The molecule has 1 aromatic heterocycles. The van der Waals surface area contributed by atoms with Crippen LogP contribution in [0.1, 0.15) is 37.0 Å². The summed E-state index contributed by atoms with van der Waals surface area (Å²) >= 11 is 4.93. The van der Waals surface area contributed by atoms with Gasteiger partial charge >= 0.3 is 12.0 Å². The lowest BCUT2D eigenvalue weighted by atomic mass is 9.82. The number of carbonyl (C=O) groups excluding carboxylic acids is 1. The van der Waals surface area contributed by atoms with E-state index < -0.39 is 17.5 Å². The molecule has 1 aliphatic rings. The fraction of sp³-hybridized carbons (Fsp3) is 0.538. The molecule has 0 aromatic carbocycles. The molecule has 1 fully saturated rings. The molecular formula is C13H17BrN2O3S. The third-order valence-electron chi connectivity index (χ3n) is 3.57. The molecule has 2 rings (SSSR count). The molecule has 1 saturated carbocycles. The quantitative estimate of drug-likeness (QED) is 0.771. The Labute approximate surface area is 129 Å². The van der Waals surface area contributed by atoms with E-state index in [1.807, 2.05) is 11.4 Å². The molecule has 110 valence electrons. The fourth-order valence-corrected chi connectivity index (χ4v) is 3.85. The normalized spacial score (nSPS) is 17.4. The van der Waals surface area contributed by atoms with Crippen molar-refractivity contribution in [1.29, 1.82) is 0 Å². The van der Waals surface area contributed by atoms with Crippen molar-refractivity contribution in [3.8, 4) is 0 Å². The highest BCUT2D eigenvalue weighted by molar-refractivity contribution is 9.10. The maximum Gasteiger partial charge on any atom is 0.329 e. The highest BCUT2D eigenvalue weighted by Crippen LogP contribution is 2.28. The second-order valence-electron chi connectivity index (χ2n) is 4.95. The lowest BCUT2D eigenvalue weighted by Gasteiger charge is -2.33. The van der Waals surface area contributed by atoms with Gasteiger partial charge in [-0.2, -0.15) is 0 Å². The van der Waals surface area contributed by atoms with Crippen LogP contribution in [0.15, 0.2) is 15.9 Å². The summed E-state index contributed by atoms with van der Waals surface area (Å²) in [6.45, 7) is 0.389. The molecule has 0 atom stereocenters. The van der Waals surface area contributed by atoms with E-state index >= 15 is 0 Å². The van der Waals surface area contributed by atoms with E-state index in [-0.39, 0.29) is 0 Å². The molecular weight excluding hydrogens is 344 g/mol. The smallest absolute Gasteiger partial charge is 0.329 e. The number of hydrogen-bond donors (Lipinski definition) is 3. The van der Waals surface area contributed by atoms with Crippen molar-refractivity contribution in [3.05, 3.63) is 20.8 Å². The molecule has 0 bridgehead atoms. The van der Waals surface area contributed by atoms with Gasteiger partial charge in [0, 0.05) is 9.35 Å². The van der Waals surface area contributed by atoms with Crippen LogP contribution in [0, 0.1) is 0 Å². The lowest BCUT2D eigenvalue weighted by molar-refractivity contribution is -0.145. The van der Waals surface area contributed by atoms with Crippen molar-refractivity contribution in [1.82, 2.24) is 10.6 Å². The number of urea groups is 1. The van der Waals surface area contributed by atoms with Crippen LogP contribution in [0.3, 0.4) is 0 Å². The molecule has 1 aromatic rings. The minimum Gasteiger partial charge on any atom is -0.480 e. The minimum absolute atomic E-state index is 0.389. The van der Waals surface area contributed by atoms with E-state index in [0.717, 1.165) is 28.6 Å². The third kappa shape index (κ3) is 3.52. The Morgan fingerprint density at radius 3 is 2.60 bits per heavy atom. The Balaban J connectivity index is 1.92. The van der Waals surface area contributed by atoms with Gasteiger partial charge in [0.25, 0.3) is 0 Å². The van der Waals surface area contributed by atoms with Gasteiger partial charge in [-0.1, -0.05) is 19.3 Å². The first kappa shape index (κ1) is 15.3. The Morgan fingerprint density at radius 1 is 1.35 bits per heavy atom. The fourth-order valence-electron chi connectivity index (χ4n) is 2.42. The van der Waals surface area contributed by atoms with Crippen LogP contribution < -0.4 is 10.6 Å². The zero-order chi connectivity index (χ0) is 14.6. The van der Waals surface area contributed by atoms with Gasteiger partial charge < -0.3 is 15.7 Å². The minimum atomic E-state index is -1.10. The molecule has 5 nitrogen and oxygen atoms in total. The molecule has 3 N–H and O–H groups in total. The van der Waals surface area contributed by atoms with E-state index in [4.69, 9.17) is 0 Å². The van der Waals surface area contributed by atoms with Crippen molar-refractivity contribution in [2.75, 3.05) is 0 Å². The largest absolute Gasteiger partial charge is 0.480 e. The van der Waals surface area contributed by atoms with Crippen molar-refractivity contribution < 1.29 is 14.7 Å². The van der Waals surface area contributed by atoms with Crippen molar-refractivity contribution >= 4 is 39.3 Å². The van der Waals surface area contributed by atoms with Crippen LogP contribution in [-0.2, 0) is 11.3 Å². The maximum absolute atomic E-state index is 11.9. The Kier molecular flexibility index (Phi) is 5.04. The first-order valence-electron chi connectivity index (χ1n) is 6.55. The van der Waals surface area contributed by atoms with Crippen LogP contribution in [0.5, 0.6) is 0 Å². The molecule has 2 amide bonds. The summed E-state index contributed by atoms with van der Waals surface area (Å²) in [4.78, 5) is 24.4. The van der Waals surface area contributed by atoms with Crippen LogP contribution in [-0.4, -0.2) is 22.6 Å². The lowest BCUT2D eigenvalue weighted by Crippen LogP contribution is -2.57. The van der Waals surface area contributed by atoms with E-state index in [1.165, 1.54) is 11.3 Å². The number of thiophene rings is 1. The second kappa shape index (κ2) is 6.58. The predicted molar refractivity (Wildman–Crippen MR) is 80.8 cm³/mol. The number of halogens is 1. The summed E-state index contributed by atoms with van der Waals surface area (Å²) in [5, 5.41) is 16.7. The Bertz CT molecular complexity index is 498. The van der Waals surface area contributed by atoms with Gasteiger partial charge in [0.15, 0.2) is 0 Å². The number of amides is 2. The number of hydrogen-bond acceptors (Lipinski definition) is 3. The standard InChI is InChI=1S/C13H17BrN2O3S/c14-9-4-7-20-10(9)8-15-12(19)16-13(11(17)18)5-2-1-3-6-13/h4,7H,1-3,5-6,8H2,(H,17,18)(H2,15,16,19). The van der Waals surface area contributed by atoms with Gasteiger partial charge in [-0.05, 0) is 40.2 Å². The van der Waals surface area contributed by atoms with Gasteiger partial charge in [0.1, 0.15) is 5.54 Å². The van der Waals surface area contributed by atoms with Crippen molar-refractivity contribution in [2.24, 2.45) is 0 Å². The summed E-state index contributed by atoms with van der Waals surface area (Å²) in [7, 11) is 0. The summed E-state index contributed by atoms with van der Waals surface area (Å²) in [6, 6.07) is 1.49. The van der Waals surface area contributed by atoms with E-state index in [9.17, 15) is 14.7 Å². The molecule has 1 aliphatic carbocycles. The highest BCUT2D eigenvalue weighted by atomic mass is 79.9. The average molecular weight is 361 g/mol. The highest BCUT2D eigenvalue weighted by Gasteiger charge is 2.40. The molecule has 0 saturated heterocycles. The number of carboxylic acid groups (broad SMARTS) is 1. The summed E-state index contributed by atoms with van der Waals surface area (Å²) < 4.78 is 0.952. The molecule has 0 spiro atoms. The zero-order valence-electron chi connectivity index (χ0n) is 10.9. The third-order valence-corrected chi connectivity index (χ3v) is 5.50. The molecule has 7 heteroatoms. The van der Waals surface area contributed by atoms with Crippen molar-refractivity contribution in [3.63, 3.8) is 0 Å². The van der Waals surface area contributed by atoms with Crippen LogP contribution in [0.25, 0.3) is 0 Å². The van der Waals surface area contributed by atoms with Crippen LogP contribution >= 0.6 is 27.3 Å². The molecule has 1 heterocycles. The van der Waals surface area contributed by atoms with Crippen molar-refractivity contribution in [2.45, 2.75) is 44.2 Å². The number of nitrogens with one attached hydrogen (secondary N) is 2. The summed E-state index contributed by atoms with van der Waals surface area (Å²) in [5.74, 6) is -0.940. The van der Waals surface area contributed by atoms with Crippen LogP contribution in [0.2, 0.25) is 0 Å². The topological polar surface area (TPSA) is 78.4 Å². The predicted octanol–water partition coefficient (Wildman–Crippen LogP) is 3.10. The summed E-state index contributed by atoms with van der Waals surface area (Å²) in [6.07, 6.45) is 3.70. The van der Waals surface area contributed by atoms with Gasteiger partial charge in [-0.3, -0.25) is 0 Å². The number of carboxylic acids is 1. The maximum atomic E-state index is 11.9. The molecule has 0 unspecified atom stereocenters. The van der Waals surface area contributed by atoms with E-state index in [2.05, 4.69) is 26.6 Å². The Morgan fingerprint density at radius 2 is 2.05 bits per heavy atom. The van der Waals surface area contributed by atoms with Crippen LogP contribution in [0.4, 0.5) is 4.79 Å². The molecule has 20 heavy (non-hydrogen) atoms. The SMILES string of the molecule is O=C(NCc1sccc1Br)NC1(C(=O)O)CCCCC1. The van der Waals surface area contributed by atoms with Gasteiger partial charge in [-0.25, -0.2) is 9.59 Å². The molecule has 0 radical (unpaired) electrons. The number of rotatable bonds is 4. The van der Waals surface area contributed by atoms with E-state index in [0.29, 0.717) is 19.4 Å². The average Bonchev–Trinajstić information content (AvgIpc) is 2.83. The summed E-state index contributed by atoms with van der Waals surface area (Å²) in [5.41, 5.74) is -1.10. The van der Waals surface area contributed by atoms with Gasteiger partial charge in [0.2, 0.25) is 0 Å². The Hall–Kier alpha value is -1.08. The monoisotopic (exact) mass is 360 g/mol. The molecule has 0 aliphatic heterocycles.